The summed E-state index contributed by atoms with van der Waals surface area (Å²) in [7, 11) is 0. The molecule has 27 heavy (non-hydrogen) atoms. The Hall–Kier alpha value is -1.92. The van der Waals surface area contributed by atoms with Crippen LogP contribution in [0, 0.1) is 0 Å². The molecule has 1 aromatic carbocycles. The molecule has 4 rings (SSSR count). The van der Waals surface area contributed by atoms with Crippen LogP contribution in [-0.2, 0) is 14.3 Å². The summed E-state index contributed by atoms with van der Waals surface area (Å²) >= 11 is 0. The summed E-state index contributed by atoms with van der Waals surface area (Å²) in [5, 5.41) is 2.99. The molecule has 1 aliphatic carbocycles. The summed E-state index contributed by atoms with van der Waals surface area (Å²) in [6, 6.07) is 8.61. The fourth-order valence-corrected chi connectivity index (χ4v) is 4.53. The first kappa shape index (κ1) is 18.4. The van der Waals surface area contributed by atoms with Crippen LogP contribution in [0.2, 0.25) is 0 Å². The molecule has 0 unspecified atom stereocenters. The van der Waals surface area contributed by atoms with Crippen molar-refractivity contribution in [2.24, 2.45) is 0 Å². The Kier molecular flexibility index (Phi) is 5.45. The van der Waals surface area contributed by atoms with Crippen molar-refractivity contribution >= 4 is 11.8 Å². The first-order chi connectivity index (χ1) is 13.2. The Labute approximate surface area is 160 Å². The fraction of sp³-hybridized carbons (Fsp3) is 0.619. The van der Waals surface area contributed by atoms with Crippen LogP contribution in [0.15, 0.2) is 30.3 Å². The molecule has 0 aromatic heterocycles. The van der Waals surface area contributed by atoms with Gasteiger partial charge in [-0.25, -0.2) is 0 Å². The maximum absolute atomic E-state index is 13.3. The Morgan fingerprint density at radius 3 is 2.59 bits per heavy atom. The summed E-state index contributed by atoms with van der Waals surface area (Å²) in [6.07, 6.45) is 6.85. The number of hydrogen-bond donors (Lipinski definition) is 1. The van der Waals surface area contributed by atoms with E-state index in [9.17, 15) is 9.59 Å². The lowest BCUT2D eigenvalue weighted by molar-refractivity contribution is -0.127. The van der Waals surface area contributed by atoms with E-state index in [1.54, 1.807) is 17.0 Å². The monoisotopic (exact) mass is 372 g/mol. The average Bonchev–Trinajstić information content (AvgIpc) is 3.35. The number of hydrogen-bond acceptors (Lipinski definition) is 4. The Balaban J connectivity index is 1.54. The molecule has 0 bridgehead atoms. The van der Waals surface area contributed by atoms with Crippen LogP contribution >= 0.6 is 0 Å². The van der Waals surface area contributed by atoms with Crippen LogP contribution in [-0.4, -0.2) is 54.3 Å². The lowest BCUT2D eigenvalue weighted by atomic mass is 9.89. The van der Waals surface area contributed by atoms with Crippen LogP contribution in [0.5, 0.6) is 0 Å². The number of rotatable bonds is 4. The largest absolute Gasteiger partial charge is 0.376 e. The molecule has 2 amide bonds. The number of ether oxygens (including phenoxy) is 2. The van der Waals surface area contributed by atoms with Crippen molar-refractivity contribution in [3.05, 3.63) is 35.9 Å². The molecule has 6 nitrogen and oxygen atoms in total. The van der Waals surface area contributed by atoms with Gasteiger partial charge in [0.25, 0.3) is 5.91 Å². The van der Waals surface area contributed by atoms with E-state index in [1.165, 1.54) is 0 Å². The third-order valence-electron chi connectivity index (χ3n) is 5.97. The van der Waals surface area contributed by atoms with Crippen molar-refractivity contribution in [3.8, 4) is 0 Å². The Bertz CT molecular complexity index is 666. The summed E-state index contributed by atoms with van der Waals surface area (Å²) < 4.78 is 11.7. The highest BCUT2D eigenvalue weighted by Gasteiger charge is 2.52. The molecule has 3 aliphatic rings. The zero-order chi connectivity index (χ0) is 18.7. The van der Waals surface area contributed by atoms with E-state index in [4.69, 9.17) is 9.47 Å². The standard InChI is InChI=1S/C21H28N2O4/c24-19(22-14-17-10-7-13-26-17)18-15-27-21(11-5-2-6-12-21)23(18)20(25)16-8-3-1-4-9-16/h1,3-4,8-9,17-18H,2,5-7,10-15H2,(H,22,24)/t17-,18+/m0/s1. The third-order valence-corrected chi connectivity index (χ3v) is 5.97. The molecule has 0 radical (unpaired) electrons. The summed E-state index contributed by atoms with van der Waals surface area (Å²) in [4.78, 5) is 28.0. The lowest BCUT2D eigenvalue weighted by Crippen LogP contribution is -2.56. The van der Waals surface area contributed by atoms with E-state index in [0.29, 0.717) is 12.1 Å². The summed E-state index contributed by atoms with van der Waals surface area (Å²) in [5.74, 6) is -0.260. The van der Waals surface area contributed by atoms with Crippen LogP contribution in [0.1, 0.15) is 55.3 Å². The van der Waals surface area contributed by atoms with E-state index in [-0.39, 0.29) is 24.5 Å². The molecule has 1 N–H and O–H groups in total. The predicted molar refractivity (Wildman–Crippen MR) is 100 cm³/mol. The van der Waals surface area contributed by atoms with Crippen molar-refractivity contribution in [1.29, 1.82) is 0 Å². The van der Waals surface area contributed by atoms with Gasteiger partial charge in [-0.3, -0.25) is 14.5 Å². The molecular weight excluding hydrogens is 344 g/mol. The molecular formula is C21H28N2O4. The Morgan fingerprint density at radius 2 is 1.89 bits per heavy atom. The molecule has 3 fully saturated rings. The van der Waals surface area contributed by atoms with E-state index >= 15 is 0 Å². The number of benzene rings is 1. The minimum atomic E-state index is -0.642. The van der Waals surface area contributed by atoms with Gasteiger partial charge in [0, 0.05) is 18.7 Å². The van der Waals surface area contributed by atoms with E-state index in [0.717, 1.165) is 51.6 Å². The molecule has 6 heteroatoms. The molecule has 1 aromatic rings. The van der Waals surface area contributed by atoms with Gasteiger partial charge in [-0.1, -0.05) is 24.6 Å². The zero-order valence-corrected chi connectivity index (χ0v) is 15.7. The van der Waals surface area contributed by atoms with E-state index < -0.39 is 11.8 Å². The quantitative estimate of drug-likeness (QED) is 0.882. The van der Waals surface area contributed by atoms with E-state index in [1.807, 2.05) is 18.2 Å². The second kappa shape index (κ2) is 7.98. The normalized spacial score (nSPS) is 27.0. The van der Waals surface area contributed by atoms with Gasteiger partial charge in [0.1, 0.15) is 11.8 Å². The SMILES string of the molecule is O=C(NC[C@@H]1CCCO1)[C@H]1COC2(CCCCC2)N1C(=O)c1ccccc1. The van der Waals surface area contributed by atoms with Crippen LogP contribution in [0.25, 0.3) is 0 Å². The number of carbonyl (C=O) groups is 2. The number of carbonyl (C=O) groups excluding carboxylic acids is 2. The van der Waals surface area contributed by atoms with Crippen LogP contribution < -0.4 is 5.32 Å². The van der Waals surface area contributed by atoms with Gasteiger partial charge in [-0.15, -0.1) is 0 Å². The van der Waals surface area contributed by atoms with Gasteiger partial charge in [0.15, 0.2) is 0 Å². The second-order valence-corrected chi connectivity index (χ2v) is 7.76. The molecule has 1 spiro atoms. The van der Waals surface area contributed by atoms with Crippen LogP contribution in [0.3, 0.4) is 0 Å². The van der Waals surface area contributed by atoms with Gasteiger partial charge < -0.3 is 14.8 Å². The van der Waals surface area contributed by atoms with E-state index in [2.05, 4.69) is 5.32 Å². The molecule has 146 valence electrons. The smallest absolute Gasteiger partial charge is 0.256 e. The van der Waals surface area contributed by atoms with Gasteiger partial charge in [0.2, 0.25) is 5.91 Å². The molecule has 2 atom stereocenters. The average molecular weight is 372 g/mol. The summed E-state index contributed by atoms with van der Waals surface area (Å²) in [6.45, 7) is 1.51. The third kappa shape index (κ3) is 3.73. The topological polar surface area (TPSA) is 67.9 Å². The van der Waals surface area contributed by atoms with Crippen molar-refractivity contribution < 1.29 is 19.1 Å². The predicted octanol–water partition coefficient (Wildman–Crippen LogP) is 2.48. The summed E-state index contributed by atoms with van der Waals surface area (Å²) in [5.41, 5.74) is -0.0401. The highest BCUT2D eigenvalue weighted by molar-refractivity contribution is 5.98. The first-order valence-electron chi connectivity index (χ1n) is 10.1. The van der Waals surface area contributed by atoms with Crippen molar-refractivity contribution in [2.45, 2.75) is 62.8 Å². The van der Waals surface area contributed by atoms with Crippen LogP contribution in [0.4, 0.5) is 0 Å². The van der Waals surface area contributed by atoms with Crippen molar-refractivity contribution in [1.82, 2.24) is 10.2 Å². The van der Waals surface area contributed by atoms with Gasteiger partial charge >= 0.3 is 0 Å². The molecule has 2 heterocycles. The first-order valence-corrected chi connectivity index (χ1v) is 10.1. The molecule has 1 saturated carbocycles. The van der Waals surface area contributed by atoms with Gasteiger partial charge in [-0.05, 0) is 50.7 Å². The second-order valence-electron chi connectivity index (χ2n) is 7.76. The zero-order valence-electron chi connectivity index (χ0n) is 15.7. The minimum absolute atomic E-state index is 0.0817. The maximum atomic E-state index is 13.3. The number of nitrogens with one attached hydrogen (secondary N) is 1. The van der Waals surface area contributed by atoms with Gasteiger partial charge in [-0.2, -0.15) is 0 Å². The number of amides is 2. The maximum Gasteiger partial charge on any atom is 0.256 e. The lowest BCUT2D eigenvalue weighted by Gasteiger charge is -2.41. The fourth-order valence-electron chi connectivity index (χ4n) is 4.53. The minimum Gasteiger partial charge on any atom is -0.376 e. The van der Waals surface area contributed by atoms with Gasteiger partial charge in [0.05, 0.1) is 12.7 Å². The molecule has 2 saturated heterocycles. The Morgan fingerprint density at radius 1 is 1.11 bits per heavy atom. The number of nitrogens with zero attached hydrogens (tertiary/aromatic N) is 1. The van der Waals surface area contributed by atoms with Crippen molar-refractivity contribution in [3.63, 3.8) is 0 Å². The van der Waals surface area contributed by atoms with Crippen molar-refractivity contribution in [2.75, 3.05) is 19.8 Å². The molecule has 2 aliphatic heterocycles. The highest BCUT2D eigenvalue weighted by Crippen LogP contribution is 2.41. The highest BCUT2D eigenvalue weighted by atomic mass is 16.5.